The monoisotopic (exact) mass is 393 g/mol. The highest BCUT2D eigenvalue weighted by Crippen LogP contribution is 2.20. The number of benzene rings is 1. The first kappa shape index (κ1) is 20.7. The summed E-state index contributed by atoms with van der Waals surface area (Å²) in [5, 5.41) is 5.91. The van der Waals surface area contributed by atoms with Crippen molar-refractivity contribution in [1.29, 1.82) is 0 Å². The molecule has 142 valence electrons. The second-order valence-corrected chi connectivity index (χ2v) is 7.88. The standard InChI is InChI=1S/C19H27N3O2S2/c1-3-22(4-2)19(25)26-13-17(23)21-16-12-8-7-11-15(16)18(24)20-14-9-5-6-10-14/h7-8,11-12,14H,3-6,9-10,13H2,1-2H3,(H,20,24)(H,21,23). The fourth-order valence-corrected chi connectivity index (χ4v) is 4.21. The lowest BCUT2D eigenvalue weighted by Gasteiger charge is -2.20. The average molecular weight is 394 g/mol. The van der Waals surface area contributed by atoms with Crippen LogP contribution in [-0.2, 0) is 4.79 Å². The predicted molar refractivity (Wildman–Crippen MR) is 113 cm³/mol. The maximum absolute atomic E-state index is 12.5. The van der Waals surface area contributed by atoms with Crippen LogP contribution in [-0.4, -0.2) is 45.9 Å². The SMILES string of the molecule is CCN(CC)C(=S)SCC(=O)Nc1ccccc1C(=O)NC1CCCC1. The Labute approximate surface area is 165 Å². The molecule has 1 aromatic carbocycles. The summed E-state index contributed by atoms with van der Waals surface area (Å²) in [6.07, 6.45) is 4.37. The maximum atomic E-state index is 12.5. The topological polar surface area (TPSA) is 61.4 Å². The minimum Gasteiger partial charge on any atom is -0.358 e. The number of thioether (sulfide) groups is 1. The van der Waals surface area contributed by atoms with Crippen molar-refractivity contribution in [3.8, 4) is 0 Å². The molecule has 1 fully saturated rings. The number of nitrogens with one attached hydrogen (secondary N) is 2. The molecule has 2 rings (SSSR count). The van der Waals surface area contributed by atoms with Gasteiger partial charge in [0.1, 0.15) is 4.32 Å². The number of thiocarbonyl (C=S) groups is 1. The summed E-state index contributed by atoms with van der Waals surface area (Å²) < 4.78 is 0.720. The summed E-state index contributed by atoms with van der Waals surface area (Å²) >= 11 is 6.70. The molecule has 0 aliphatic heterocycles. The van der Waals surface area contributed by atoms with Gasteiger partial charge in [0.25, 0.3) is 5.91 Å². The Morgan fingerprint density at radius 2 is 1.85 bits per heavy atom. The van der Waals surface area contributed by atoms with E-state index in [-0.39, 0.29) is 23.6 Å². The van der Waals surface area contributed by atoms with Gasteiger partial charge in [0.15, 0.2) is 0 Å². The van der Waals surface area contributed by atoms with E-state index in [1.54, 1.807) is 12.1 Å². The number of hydrogen-bond donors (Lipinski definition) is 2. The van der Waals surface area contributed by atoms with Crippen molar-refractivity contribution in [3.63, 3.8) is 0 Å². The van der Waals surface area contributed by atoms with Gasteiger partial charge in [-0.15, -0.1) is 0 Å². The van der Waals surface area contributed by atoms with E-state index in [9.17, 15) is 9.59 Å². The number of amides is 2. The summed E-state index contributed by atoms with van der Waals surface area (Å²) in [5.41, 5.74) is 1.05. The minimum atomic E-state index is -0.161. The molecule has 0 bridgehead atoms. The second-order valence-electron chi connectivity index (χ2n) is 6.28. The van der Waals surface area contributed by atoms with Crippen LogP contribution in [0.1, 0.15) is 49.9 Å². The lowest BCUT2D eigenvalue weighted by Crippen LogP contribution is -2.33. The number of rotatable bonds is 7. The van der Waals surface area contributed by atoms with Gasteiger partial charge in [-0.1, -0.05) is 49.0 Å². The van der Waals surface area contributed by atoms with Gasteiger partial charge in [0.05, 0.1) is 17.0 Å². The molecule has 0 unspecified atom stereocenters. The highest BCUT2D eigenvalue weighted by molar-refractivity contribution is 8.23. The van der Waals surface area contributed by atoms with Crippen LogP contribution in [0.4, 0.5) is 5.69 Å². The van der Waals surface area contributed by atoms with Crippen molar-refractivity contribution < 1.29 is 9.59 Å². The number of hydrogen-bond acceptors (Lipinski definition) is 4. The lowest BCUT2D eigenvalue weighted by molar-refractivity contribution is -0.113. The number of anilines is 1. The Hall–Kier alpha value is -1.60. The number of para-hydroxylation sites is 1. The number of carbonyl (C=O) groups excluding carboxylic acids is 2. The van der Waals surface area contributed by atoms with Crippen LogP contribution in [0, 0.1) is 0 Å². The summed E-state index contributed by atoms with van der Waals surface area (Å²) in [7, 11) is 0. The van der Waals surface area contributed by atoms with E-state index < -0.39 is 0 Å². The third-order valence-corrected chi connectivity index (χ3v) is 6.01. The predicted octanol–water partition coefficient (Wildman–Crippen LogP) is 3.66. The van der Waals surface area contributed by atoms with Gasteiger partial charge < -0.3 is 15.5 Å². The molecule has 0 heterocycles. The van der Waals surface area contributed by atoms with Crippen LogP contribution in [0.5, 0.6) is 0 Å². The highest BCUT2D eigenvalue weighted by Gasteiger charge is 2.20. The molecule has 0 atom stereocenters. The van der Waals surface area contributed by atoms with Crippen molar-refractivity contribution in [2.45, 2.75) is 45.6 Å². The van der Waals surface area contributed by atoms with E-state index in [1.807, 2.05) is 30.9 Å². The van der Waals surface area contributed by atoms with Crippen molar-refractivity contribution in [2.24, 2.45) is 0 Å². The van der Waals surface area contributed by atoms with Crippen LogP contribution in [0.25, 0.3) is 0 Å². The zero-order valence-electron chi connectivity index (χ0n) is 15.4. The van der Waals surface area contributed by atoms with E-state index in [0.717, 1.165) is 43.1 Å². The first-order valence-electron chi connectivity index (χ1n) is 9.16. The van der Waals surface area contributed by atoms with Crippen LogP contribution >= 0.6 is 24.0 Å². The van der Waals surface area contributed by atoms with Gasteiger partial charge in [-0.05, 0) is 38.8 Å². The summed E-state index contributed by atoms with van der Waals surface area (Å²) in [6.45, 7) is 5.73. The van der Waals surface area contributed by atoms with Gasteiger partial charge >= 0.3 is 0 Å². The molecule has 0 spiro atoms. The zero-order valence-corrected chi connectivity index (χ0v) is 17.0. The molecule has 5 nitrogen and oxygen atoms in total. The average Bonchev–Trinajstić information content (AvgIpc) is 3.14. The molecular weight excluding hydrogens is 366 g/mol. The van der Waals surface area contributed by atoms with Gasteiger partial charge in [-0.2, -0.15) is 0 Å². The molecule has 7 heteroatoms. The first-order valence-corrected chi connectivity index (χ1v) is 10.6. The Morgan fingerprint density at radius 1 is 1.19 bits per heavy atom. The summed E-state index contributed by atoms with van der Waals surface area (Å²) in [4.78, 5) is 26.9. The third-order valence-electron chi connectivity index (χ3n) is 4.48. The molecule has 0 radical (unpaired) electrons. The number of nitrogens with zero attached hydrogens (tertiary/aromatic N) is 1. The first-order chi connectivity index (χ1) is 12.5. The zero-order chi connectivity index (χ0) is 18.9. The molecule has 1 aliphatic carbocycles. The molecule has 1 aliphatic rings. The minimum absolute atomic E-state index is 0.126. The third kappa shape index (κ3) is 5.99. The molecule has 1 saturated carbocycles. The largest absolute Gasteiger partial charge is 0.358 e. The van der Waals surface area contributed by atoms with E-state index in [2.05, 4.69) is 10.6 Å². The van der Waals surface area contributed by atoms with Gasteiger partial charge in [-0.3, -0.25) is 9.59 Å². The van der Waals surface area contributed by atoms with E-state index in [1.165, 1.54) is 11.8 Å². The van der Waals surface area contributed by atoms with Crippen LogP contribution < -0.4 is 10.6 Å². The van der Waals surface area contributed by atoms with Crippen molar-refractivity contribution >= 4 is 45.8 Å². The Kier molecular flexibility index (Phi) is 8.38. The Morgan fingerprint density at radius 3 is 2.50 bits per heavy atom. The van der Waals surface area contributed by atoms with E-state index in [0.29, 0.717) is 11.3 Å². The van der Waals surface area contributed by atoms with E-state index in [4.69, 9.17) is 12.2 Å². The number of carbonyl (C=O) groups is 2. The van der Waals surface area contributed by atoms with E-state index >= 15 is 0 Å². The molecule has 1 aromatic rings. The van der Waals surface area contributed by atoms with Gasteiger partial charge in [0, 0.05) is 19.1 Å². The molecule has 2 N–H and O–H groups in total. The second kappa shape index (κ2) is 10.5. The van der Waals surface area contributed by atoms with Crippen LogP contribution in [0.3, 0.4) is 0 Å². The fraction of sp³-hybridized carbons (Fsp3) is 0.526. The van der Waals surface area contributed by atoms with Crippen molar-refractivity contribution in [3.05, 3.63) is 29.8 Å². The maximum Gasteiger partial charge on any atom is 0.253 e. The van der Waals surface area contributed by atoms with Crippen LogP contribution in [0.2, 0.25) is 0 Å². The quantitative estimate of drug-likeness (QED) is 0.692. The highest BCUT2D eigenvalue weighted by atomic mass is 32.2. The van der Waals surface area contributed by atoms with Crippen molar-refractivity contribution in [2.75, 3.05) is 24.2 Å². The lowest BCUT2D eigenvalue weighted by atomic mass is 10.1. The molecule has 2 amide bonds. The summed E-state index contributed by atoms with van der Waals surface area (Å²) in [6, 6.07) is 7.37. The Bertz CT molecular complexity index is 641. The smallest absolute Gasteiger partial charge is 0.253 e. The normalized spacial score (nSPS) is 14.1. The van der Waals surface area contributed by atoms with Crippen LogP contribution in [0.15, 0.2) is 24.3 Å². The van der Waals surface area contributed by atoms with Crippen molar-refractivity contribution in [1.82, 2.24) is 10.2 Å². The fourth-order valence-electron chi connectivity index (χ4n) is 3.01. The molecule has 0 aromatic heterocycles. The molecule has 26 heavy (non-hydrogen) atoms. The Balaban J connectivity index is 1.93. The molecule has 0 saturated heterocycles. The summed E-state index contributed by atoms with van der Waals surface area (Å²) in [5.74, 6) is -0.0572. The van der Waals surface area contributed by atoms with Gasteiger partial charge in [-0.25, -0.2) is 0 Å². The van der Waals surface area contributed by atoms with Gasteiger partial charge in [0.2, 0.25) is 5.91 Å². The molecular formula is C19H27N3O2S2.